The Labute approximate surface area is 110 Å². The van der Waals surface area contributed by atoms with Gasteiger partial charge in [-0.25, -0.2) is 0 Å². The van der Waals surface area contributed by atoms with Gasteiger partial charge in [-0.15, -0.1) is 6.42 Å². The van der Waals surface area contributed by atoms with Crippen molar-refractivity contribution in [3.63, 3.8) is 0 Å². The number of aliphatic hydroxyl groups is 1. The minimum Gasteiger partial charge on any atom is -0.387 e. The maximum atomic E-state index is 10.3. The average molecular weight is 243 g/mol. The fraction of sp³-hybridized carbons (Fsp3) is 0.500. The summed E-state index contributed by atoms with van der Waals surface area (Å²) in [5, 5.41) is 10.3. The second-order valence-corrected chi connectivity index (χ2v) is 5.00. The molecule has 0 amide bonds. The van der Waals surface area contributed by atoms with Crippen LogP contribution in [0.2, 0.25) is 0 Å². The summed E-state index contributed by atoms with van der Waals surface area (Å²) in [6.07, 6.45) is 9.99. The van der Waals surface area contributed by atoms with Gasteiger partial charge in [0, 0.05) is 12.6 Å². The Bertz CT molecular complexity index is 389. The minimum atomic E-state index is -0.444. The van der Waals surface area contributed by atoms with Gasteiger partial charge in [-0.1, -0.05) is 49.1 Å². The van der Waals surface area contributed by atoms with Crippen molar-refractivity contribution in [2.75, 3.05) is 13.1 Å². The second kappa shape index (κ2) is 6.58. The Kier molecular flexibility index (Phi) is 4.81. The van der Waals surface area contributed by atoms with E-state index >= 15 is 0 Å². The fourth-order valence-corrected chi connectivity index (χ4v) is 2.73. The number of nitrogens with zero attached hydrogens (tertiary/aromatic N) is 1. The Hall–Kier alpha value is -1.30. The molecule has 0 aromatic heterocycles. The lowest BCUT2D eigenvalue weighted by atomic mass is 10.1. The molecule has 0 aliphatic heterocycles. The van der Waals surface area contributed by atoms with Crippen LogP contribution in [0.4, 0.5) is 0 Å². The number of rotatable bonds is 5. The zero-order valence-electron chi connectivity index (χ0n) is 10.8. The minimum absolute atomic E-state index is 0.444. The van der Waals surface area contributed by atoms with Crippen LogP contribution < -0.4 is 0 Å². The number of aliphatic hydroxyl groups excluding tert-OH is 1. The average Bonchev–Trinajstić information content (AvgIpc) is 2.93. The molecule has 2 nitrogen and oxygen atoms in total. The van der Waals surface area contributed by atoms with Crippen molar-refractivity contribution in [1.29, 1.82) is 0 Å². The highest BCUT2D eigenvalue weighted by Crippen LogP contribution is 2.25. The molecule has 0 heterocycles. The van der Waals surface area contributed by atoms with Gasteiger partial charge in [0.2, 0.25) is 0 Å². The third kappa shape index (κ3) is 3.35. The number of terminal acetylenes is 1. The van der Waals surface area contributed by atoms with Gasteiger partial charge in [0.05, 0.1) is 12.6 Å². The summed E-state index contributed by atoms with van der Waals surface area (Å²) in [6.45, 7) is 1.27. The van der Waals surface area contributed by atoms with Gasteiger partial charge >= 0.3 is 0 Å². The van der Waals surface area contributed by atoms with Gasteiger partial charge in [-0.05, 0) is 18.4 Å². The van der Waals surface area contributed by atoms with Crippen LogP contribution in [0.5, 0.6) is 0 Å². The van der Waals surface area contributed by atoms with E-state index in [1.807, 2.05) is 30.3 Å². The second-order valence-electron chi connectivity index (χ2n) is 5.00. The van der Waals surface area contributed by atoms with E-state index in [1.54, 1.807) is 0 Å². The first-order chi connectivity index (χ1) is 8.81. The Morgan fingerprint density at radius 3 is 2.56 bits per heavy atom. The highest BCUT2D eigenvalue weighted by Gasteiger charge is 2.24. The maximum Gasteiger partial charge on any atom is 0.0917 e. The van der Waals surface area contributed by atoms with Crippen LogP contribution in [0.1, 0.15) is 37.4 Å². The van der Waals surface area contributed by atoms with Crippen LogP contribution in [0.25, 0.3) is 0 Å². The molecule has 1 aliphatic carbocycles. The predicted molar refractivity (Wildman–Crippen MR) is 74.1 cm³/mol. The summed E-state index contributed by atoms with van der Waals surface area (Å²) in [6, 6.07) is 10.4. The first-order valence-corrected chi connectivity index (χ1v) is 6.72. The molecule has 1 aromatic rings. The zero-order valence-corrected chi connectivity index (χ0v) is 10.8. The molecule has 2 heteroatoms. The van der Waals surface area contributed by atoms with E-state index in [4.69, 9.17) is 6.42 Å². The molecule has 96 valence electrons. The molecule has 1 N–H and O–H groups in total. The lowest BCUT2D eigenvalue weighted by Crippen LogP contribution is -2.37. The summed E-state index contributed by atoms with van der Waals surface area (Å²) in [5.74, 6) is 2.72. The van der Waals surface area contributed by atoms with Gasteiger partial charge in [0.15, 0.2) is 0 Å². The number of hydrogen-bond acceptors (Lipinski definition) is 2. The molecule has 1 saturated carbocycles. The first kappa shape index (κ1) is 13.1. The Morgan fingerprint density at radius 2 is 1.94 bits per heavy atom. The monoisotopic (exact) mass is 243 g/mol. The van der Waals surface area contributed by atoms with Gasteiger partial charge in [0.1, 0.15) is 0 Å². The highest BCUT2D eigenvalue weighted by atomic mass is 16.3. The largest absolute Gasteiger partial charge is 0.387 e. The van der Waals surface area contributed by atoms with Crippen molar-refractivity contribution < 1.29 is 5.11 Å². The summed E-state index contributed by atoms with van der Waals surface area (Å²) in [7, 11) is 0. The van der Waals surface area contributed by atoms with Crippen molar-refractivity contribution >= 4 is 0 Å². The van der Waals surface area contributed by atoms with Gasteiger partial charge < -0.3 is 5.11 Å². The molecule has 0 saturated heterocycles. The summed E-state index contributed by atoms with van der Waals surface area (Å²) >= 11 is 0. The molecule has 1 aliphatic rings. The standard InChI is InChI=1S/C16H21NO/c1-2-12-17(15-10-6-7-11-15)13-16(18)14-8-4-3-5-9-14/h1,3-5,8-9,15-16,18H,6-7,10-13H2. The van der Waals surface area contributed by atoms with Crippen LogP contribution in [0.15, 0.2) is 30.3 Å². The molecule has 1 aromatic carbocycles. The van der Waals surface area contributed by atoms with Crippen molar-refractivity contribution in [3.8, 4) is 12.3 Å². The lowest BCUT2D eigenvalue weighted by Gasteiger charge is -2.29. The Balaban J connectivity index is 1.98. The van der Waals surface area contributed by atoms with Crippen LogP contribution in [0.3, 0.4) is 0 Å². The fourth-order valence-electron chi connectivity index (χ4n) is 2.73. The maximum absolute atomic E-state index is 10.3. The van der Waals surface area contributed by atoms with E-state index in [2.05, 4.69) is 10.8 Å². The third-order valence-electron chi connectivity index (χ3n) is 3.73. The summed E-state index contributed by atoms with van der Waals surface area (Å²) in [4.78, 5) is 2.25. The van der Waals surface area contributed by atoms with E-state index in [0.717, 1.165) is 5.56 Å². The number of hydrogen-bond donors (Lipinski definition) is 1. The van der Waals surface area contributed by atoms with E-state index in [1.165, 1.54) is 25.7 Å². The van der Waals surface area contributed by atoms with Crippen LogP contribution >= 0.6 is 0 Å². The molecule has 2 rings (SSSR count). The molecular weight excluding hydrogens is 222 g/mol. The van der Waals surface area contributed by atoms with E-state index in [0.29, 0.717) is 19.1 Å². The molecule has 1 atom stereocenters. The van der Waals surface area contributed by atoms with Crippen LogP contribution in [0, 0.1) is 12.3 Å². The first-order valence-electron chi connectivity index (χ1n) is 6.72. The molecule has 18 heavy (non-hydrogen) atoms. The van der Waals surface area contributed by atoms with E-state index in [9.17, 15) is 5.11 Å². The third-order valence-corrected chi connectivity index (χ3v) is 3.73. The molecule has 0 radical (unpaired) electrons. The van der Waals surface area contributed by atoms with Gasteiger partial charge in [-0.2, -0.15) is 0 Å². The van der Waals surface area contributed by atoms with Crippen molar-refractivity contribution in [1.82, 2.24) is 4.90 Å². The topological polar surface area (TPSA) is 23.5 Å². The quantitative estimate of drug-likeness (QED) is 0.804. The molecule has 1 fully saturated rings. The molecule has 0 spiro atoms. The van der Waals surface area contributed by atoms with Crippen molar-refractivity contribution in [3.05, 3.63) is 35.9 Å². The Morgan fingerprint density at radius 1 is 1.28 bits per heavy atom. The normalized spacial score (nSPS) is 17.8. The highest BCUT2D eigenvalue weighted by molar-refractivity contribution is 5.17. The smallest absolute Gasteiger partial charge is 0.0917 e. The molecule has 0 bridgehead atoms. The lowest BCUT2D eigenvalue weighted by molar-refractivity contribution is 0.0970. The SMILES string of the molecule is C#CCN(CC(O)c1ccccc1)C1CCCC1. The van der Waals surface area contributed by atoms with Crippen LogP contribution in [-0.2, 0) is 0 Å². The molecular formula is C16H21NO. The van der Waals surface area contributed by atoms with Gasteiger partial charge in [-0.3, -0.25) is 4.90 Å². The van der Waals surface area contributed by atoms with E-state index in [-0.39, 0.29) is 0 Å². The van der Waals surface area contributed by atoms with Crippen LogP contribution in [-0.4, -0.2) is 29.1 Å². The van der Waals surface area contributed by atoms with Crippen molar-refractivity contribution in [2.24, 2.45) is 0 Å². The summed E-state index contributed by atoms with van der Waals surface area (Å²) in [5.41, 5.74) is 0.970. The summed E-state index contributed by atoms with van der Waals surface area (Å²) < 4.78 is 0. The number of benzene rings is 1. The predicted octanol–water partition coefficient (Wildman–Crippen LogP) is 2.60. The van der Waals surface area contributed by atoms with E-state index < -0.39 is 6.10 Å². The zero-order chi connectivity index (χ0) is 12.8. The molecule has 1 unspecified atom stereocenters. The van der Waals surface area contributed by atoms with Gasteiger partial charge in [0.25, 0.3) is 0 Å². The van der Waals surface area contributed by atoms with Crippen molar-refractivity contribution in [2.45, 2.75) is 37.8 Å².